The van der Waals surface area contributed by atoms with Crippen LogP contribution in [0.25, 0.3) is 0 Å². The average molecular weight is 354 g/mol. The third-order valence-corrected chi connectivity index (χ3v) is 6.79. The van der Waals surface area contributed by atoms with Gasteiger partial charge in [0.2, 0.25) is 5.91 Å². The number of alkyl halides is 1. The minimum Gasteiger partial charge on any atom is -0.339 e. The van der Waals surface area contributed by atoms with E-state index in [4.69, 9.17) is 0 Å². The lowest BCUT2D eigenvalue weighted by atomic mass is 9.85. The van der Waals surface area contributed by atoms with Crippen LogP contribution in [0.1, 0.15) is 47.0 Å². The first kappa shape index (κ1) is 19.1. The zero-order valence-electron chi connectivity index (χ0n) is 16.5. The first-order chi connectivity index (χ1) is 11.9. The Kier molecular flexibility index (Phi) is 6.04. The van der Waals surface area contributed by atoms with Crippen molar-refractivity contribution in [3.63, 3.8) is 0 Å². The predicted molar refractivity (Wildman–Crippen MR) is 99.2 cm³/mol. The van der Waals surface area contributed by atoms with E-state index in [1.807, 2.05) is 0 Å². The maximum atomic E-state index is 14.8. The summed E-state index contributed by atoms with van der Waals surface area (Å²) >= 11 is 0. The molecule has 0 N–H and O–H groups in total. The number of amides is 1. The molecule has 0 aromatic heterocycles. The van der Waals surface area contributed by atoms with Crippen molar-refractivity contribution in [3.05, 3.63) is 0 Å². The molecule has 0 bridgehead atoms. The number of likely N-dealkylation sites (tertiary alicyclic amines) is 3. The molecule has 3 heterocycles. The number of rotatable bonds is 4. The summed E-state index contributed by atoms with van der Waals surface area (Å²) < 4.78 is 14.8. The van der Waals surface area contributed by atoms with Crippen molar-refractivity contribution in [2.45, 2.75) is 65.2 Å². The van der Waals surface area contributed by atoms with E-state index in [1.165, 1.54) is 12.8 Å². The molecule has 3 saturated heterocycles. The molecule has 3 rings (SSSR count). The Bertz CT molecular complexity index is 456. The molecular weight excluding hydrogens is 317 g/mol. The quantitative estimate of drug-likeness (QED) is 0.777. The van der Waals surface area contributed by atoms with Crippen LogP contribution in [0.3, 0.4) is 0 Å². The molecule has 0 aliphatic carbocycles. The Morgan fingerprint density at radius 3 is 2.12 bits per heavy atom. The second-order valence-corrected chi connectivity index (χ2v) is 9.02. The highest BCUT2D eigenvalue weighted by Gasteiger charge is 2.41. The second kappa shape index (κ2) is 7.91. The Balaban J connectivity index is 1.46. The molecule has 5 heteroatoms. The second-order valence-electron chi connectivity index (χ2n) is 9.02. The van der Waals surface area contributed by atoms with Crippen molar-refractivity contribution >= 4 is 5.91 Å². The van der Waals surface area contributed by atoms with E-state index in [1.54, 1.807) is 4.90 Å². The summed E-state index contributed by atoms with van der Waals surface area (Å²) in [4.78, 5) is 19.1. The van der Waals surface area contributed by atoms with Crippen LogP contribution in [-0.4, -0.2) is 78.1 Å². The van der Waals surface area contributed by atoms with Gasteiger partial charge in [0.25, 0.3) is 0 Å². The van der Waals surface area contributed by atoms with Crippen LogP contribution in [0, 0.1) is 17.8 Å². The number of hydrogen-bond acceptors (Lipinski definition) is 3. The minimum absolute atomic E-state index is 0.0192. The van der Waals surface area contributed by atoms with Gasteiger partial charge in [-0.25, -0.2) is 4.39 Å². The number of piperidine rings is 2. The van der Waals surface area contributed by atoms with Crippen LogP contribution in [-0.2, 0) is 4.79 Å². The van der Waals surface area contributed by atoms with Gasteiger partial charge < -0.3 is 4.90 Å². The van der Waals surface area contributed by atoms with Gasteiger partial charge in [0.05, 0.1) is 12.5 Å². The molecule has 25 heavy (non-hydrogen) atoms. The van der Waals surface area contributed by atoms with E-state index in [2.05, 4.69) is 37.5 Å². The summed E-state index contributed by atoms with van der Waals surface area (Å²) in [5, 5.41) is 0. The molecule has 0 saturated carbocycles. The standard InChI is InChI=1S/C20H36FN3O/c1-14(2)16-5-8-22(9-6-16)19-7-10-23(13-18(19)21)20(25)17-11-24(12-17)15(3)4/h14-19H,5-13H2,1-4H3/t18-,19?/m1/s1. The normalized spacial score (nSPS) is 30.9. The van der Waals surface area contributed by atoms with Gasteiger partial charge in [-0.15, -0.1) is 0 Å². The molecule has 3 fully saturated rings. The summed E-state index contributed by atoms with van der Waals surface area (Å²) in [6, 6.07) is 0.517. The molecule has 1 unspecified atom stereocenters. The molecular formula is C20H36FN3O. The monoisotopic (exact) mass is 353 g/mol. The molecule has 1 amide bonds. The molecule has 3 aliphatic rings. The average Bonchev–Trinajstić information content (AvgIpc) is 2.53. The van der Waals surface area contributed by atoms with E-state index >= 15 is 0 Å². The lowest BCUT2D eigenvalue weighted by molar-refractivity contribution is -0.145. The highest BCUT2D eigenvalue weighted by molar-refractivity contribution is 5.80. The number of halogens is 1. The van der Waals surface area contributed by atoms with E-state index in [0.29, 0.717) is 12.6 Å². The number of carbonyl (C=O) groups excluding carboxylic acids is 1. The van der Waals surface area contributed by atoms with E-state index < -0.39 is 6.17 Å². The van der Waals surface area contributed by atoms with Crippen molar-refractivity contribution in [2.24, 2.45) is 17.8 Å². The summed E-state index contributed by atoms with van der Waals surface area (Å²) in [7, 11) is 0. The zero-order chi connectivity index (χ0) is 18.1. The van der Waals surface area contributed by atoms with Gasteiger partial charge in [0, 0.05) is 31.7 Å². The van der Waals surface area contributed by atoms with E-state index in [-0.39, 0.29) is 17.9 Å². The molecule has 3 aliphatic heterocycles. The highest BCUT2D eigenvalue weighted by atomic mass is 19.1. The first-order valence-corrected chi connectivity index (χ1v) is 10.3. The van der Waals surface area contributed by atoms with Gasteiger partial charge in [0.15, 0.2) is 0 Å². The number of hydrogen-bond donors (Lipinski definition) is 0. The van der Waals surface area contributed by atoms with Gasteiger partial charge in [-0.05, 0) is 58.0 Å². The minimum atomic E-state index is -0.894. The van der Waals surface area contributed by atoms with E-state index in [0.717, 1.165) is 51.0 Å². The summed E-state index contributed by atoms with van der Waals surface area (Å²) in [6.45, 7) is 13.7. The van der Waals surface area contributed by atoms with Crippen LogP contribution in [0.15, 0.2) is 0 Å². The fourth-order valence-electron chi connectivity index (χ4n) is 4.77. The molecule has 0 aromatic carbocycles. The molecule has 144 valence electrons. The predicted octanol–water partition coefficient (Wildman–Crippen LogP) is 2.63. The van der Waals surface area contributed by atoms with E-state index in [9.17, 15) is 9.18 Å². The molecule has 4 nitrogen and oxygen atoms in total. The summed E-state index contributed by atoms with van der Waals surface area (Å²) in [5.74, 6) is 1.79. The fraction of sp³-hybridized carbons (Fsp3) is 0.950. The van der Waals surface area contributed by atoms with Crippen LogP contribution in [0.4, 0.5) is 4.39 Å². The molecule has 0 radical (unpaired) electrons. The third kappa shape index (κ3) is 4.19. The SMILES string of the molecule is CC(C)C1CCN(C2CCN(C(=O)C3CN(C(C)C)C3)C[C@H]2F)CC1. The lowest BCUT2D eigenvalue weighted by Crippen LogP contribution is -2.60. The zero-order valence-corrected chi connectivity index (χ0v) is 16.5. The van der Waals surface area contributed by atoms with Gasteiger partial charge in [-0.1, -0.05) is 13.8 Å². The third-order valence-electron chi connectivity index (χ3n) is 6.79. The maximum absolute atomic E-state index is 14.8. The van der Waals surface area contributed by atoms with Gasteiger partial charge in [-0.3, -0.25) is 14.6 Å². The molecule has 0 spiro atoms. The highest BCUT2D eigenvalue weighted by Crippen LogP contribution is 2.30. The Labute approximate surface area is 152 Å². The van der Waals surface area contributed by atoms with Crippen LogP contribution < -0.4 is 0 Å². The molecule has 2 atom stereocenters. The van der Waals surface area contributed by atoms with Crippen LogP contribution in [0.2, 0.25) is 0 Å². The topological polar surface area (TPSA) is 26.8 Å². The van der Waals surface area contributed by atoms with Crippen molar-refractivity contribution in [3.8, 4) is 0 Å². The Morgan fingerprint density at radius 2 is 1.60 bits per heavy atom. The fourth-order valence-corrected chi connectivity index (χ4v) is 4.77. The number of carbonyl (C=O) groups is 1. The van der Waals surface area contributed by atoms with Crippen molar-refractivity contribution in [1.82, 2.24) is 14.7 Å². The van der Waals surface area contributed by atoms with Crippen molar-refractivity contribution in [1.29, 1.82) is 0 Å². The molecule has 0 aromatic rings. The van der Waals surface area contributed by atoms with Crippen molar-refractivity contribution in [2.75, 3.05) is 39.3 Å². The maximum Gasteiger partial charge on any atom is 0.228 e. The van der Waals surface area contributed by atoms with Gasteiger partial charge >= 0.3 is 0 Å². The summed E-state index contributed by atoms with van der Waals surface area (Å²) in [6.07, 6.45) is 2.28. The Hall–Kier alpha value is -0.680. The first-order valence-electron chi connectivity index (χ1n) is 10.3. The smallest absolute Gasteiger partial charge is 0.228 e. The van der Waals surface area contributed by atoms with Crippen molar-refractivity contribution < 1.29 is 9.18 Å². The largest absolute Gasteiger partial charge is 0.339 e. The Morgan fingerprint density at radius 1 is 0.960 bits per heavy atom. The van der Waals surface area contributed by atoms with Gasteiger partial charge in [0.1, 0.15) is 6.17 Å². The number of nitrogens with zero attached hydrogens (tertiary/aromatic N) is 3. The lowest BCUT2D eigenvalue weighted by Gasteiger charge is -2.47. The van der Waals surface area contributed by atoms with Gasteiger partial charge in [-0.2, -0.15) is 0 Å². The van der Waals surface area contributed by atoms with Crippen LogP contribution >= 0.6 is 0 Å². The van der Waals surface area contributed by atoms with Crippen LogP contribution in [0.5, 0.6) is 0 Å². The summed E-state index contributed by atoms with van der Waals surface area (Å²) in [5.41, 5.74) is 0.